The number of para-hydroxylation sites is 1. The van der Waals surface area contributed by atoms with E-state index >= 15 is 0 Å². The van der Waals surface area contributed by atoms with Gasteiger partial charge in [-0.3, -0.25) is 4.79 Å². The van der Waals surface area contributed by atoms with E-state index in [0.717, 1.165) is 32.9 Å². The fraction of sp³-hybridized carbons (Fsp3) is 0.0833. The van der Waals surface area contributed by atoms with Crippen molar-refractivity contribution in [3.63, 3.8) is 0 Å². The Morgan fingerprint density at radius 2 is 1.73 bits per heavy atom. The largest absolute Gasteiger partial charge is 0.347 e. The number of nitrogens with one attached hydrogen (secondary N) is 1. The summed E-state index contributed by atoms with van der Waals surface area (Å²) in [6.45, 7) is 0.490. The topological polar surface area (TPSA) is 51.9 Å². The van der Waals surface area contributed by atoms with Gasteiger partial charge in [-0.1, -0.05) is 54.6 Å². The molecule has 5 aromatic rings. The van der Waals surface area contributed by atoms with Crippen molar-refractivity contribution >= 4 is 28.3 Å². The minimum absolute atomic E-state index is 0.103. The van der Waals surface area contributed by atoms with Gasteiger partial charge in [0.15, 0.2) is 0 Å². The van der Waals surface area contributed by atoms with Crippen molar-refractivity contribution in [2.45, 2.75) is 6.54 Å². The molecule has 6 heteroatoms. The van der Waals surface area contributed by atoms with Crippen LogP contribution in [0.2, 0.25) is 0 Å². The average Bonchev–Trinajstić information content (AvgIpc) is 3.51. The summed E-state index contributed by atoms with van der Waals surface area (Å²) in [4.78, 5) is 14.1. The third-order valence-electron chi connectivity index (χ3n) is 5.14. The molecule has 0 aliphatic heterocycles. The third-order valence-corrected chi connectivity index (χ3v) is 6.02. The Bertz CT molecular complexity index is 1300. The average molecular weight is 413 g/mol. The van der Waals surface area contributed by atoms with E-state index in [1.54, 1.807) is 11.3 Å². The molecule has 0 radical (unpaired) electrons. The van der Waals surface area contributed by atoms with Crippen LogP contribution in [0.3, 0.4) is 0 Å². The number of thiophene rings is 1. The number of carbonyl (C=O) groups is 1. The Balaban J connectivity index is 1.59. The maximum Gasteiger partial charge on any atom is 0.268 e. The second kappa shape index (κ2) is 7.65. The summed E-state index contributed by atoms with van der Waals surface area (Å²) in [5.74, 6) is -0.103. The Hall–Kier alpha value is -3.64. The lowest BCUT2D eigenvalue weighted by atomic mass is 10.2. The number of benzene rings is 2. The first kappa shape index (κ1) is 18.4. The first-order valence-corrected chi connectivity index (χ1v) is 10.6. The van der Waals surface area contributed by atoms with Crippen LogP contribution in [-0.4, -0.2) is 20.3 Å². The molecule has 0 aliphatic carbocycles. The highest BCUT2D eigenvalue weighted by Crippen LogP contribution is 2.34. The first-order chi connectivity index (χ1) is 14.7. The lowest BCUT2D eigenvalue weighted by molar-refractivity contribution is 0.0943. The summed E-state index contributed by atoms with van der Waals surface area (Å²) in [5.41, 5.74) is 4.43. The van der Waals surface area contributed by atoms with Gasteiger partial charge >= 0.3 is 0 Å². The fourth-order valence-electron chi connectivity index (χ4n) is 3.66. The molecular weight excluding hydrogens is 392 g/mol. The molecule has 3 heterocycles. The van der Waals surface area contributed by atoms with E-state index in [1.807, 2.05) is 94.5 Å². The van der Waals surface area contributed by atoms with Gasteiger partial charge in [0, 0.05) is 19.0 Å². The predicted molar refractivity (Wildman–Crippen MR) is 121 cm³/mol. The number of amides is 1. The van der Waals surface area contributed by atoms with Gasteiger partial charge in [-0.25, -0.2) is 4.68 Å². The van der Waals surface area contributed by atoms with Gasteiger partial charge in [0.05, 0.1) is 10.6 Å². The van der Waals surface area contributed by atoms with Crippen molar-refractivity contribution in [2.75, 3.05) is 0 Å². The Labute approximate surface area is 178 Å². The molecular formula is C24H20N4OS. The second-order valence-electron chi connectivity index (χ2n) is 7.07. The SMILES string of the molecule is Cn1c(C(=O)NCc2ccccc2)cc2c(-c3cccs3)nn(-c3ccccc3)c21. The molecule has 0 atom stereocenters. The van der Waals surface area contributed by atoms with Crippen LogP contribution in [-0.2, 0) is 13.6 Å². The molecule has 0 unspecified atom stereocenters. The van der Waals surface area contributed by atoms with E-state index in [9.17, 15) is 4.79 Å². The molecule has 0 aliphatic rings. The molecule has 0 bridgehead atoms. The van der Waals surface area contributed by atoms with Crippen LogP contribution < -0.4 is 5.32 Å². The van der Waals surface area contributed by atoms with Gasteiger partial charge in [0.25, 0.3) is 5.91 Å². The highest BCUT2D eigenvalue weighted by atomic mass is 32.1. The summed E-state index contributed by atoms with van der Waals surface area (Å²) in [7, 11) is 1.92. The monoisotopic (exact) mass is 412 g/mol. The molecule has 0 spiro atoms. The second-order valence-corrected chi connectivity index (χ2v) is 8.02. The van der Waals surface area contributed by atoms with Crippen LogP contribution in [0.15, 0.2) is 84.2 Å². The molecule has 3 aromatic heterocycles. The number of nitrogens with zero attached hydrogens (tertiary/aromatic N) is 3. The minimum atomic E-state index is -0.103. The van der Waals surface area contributed by atoms with Crippen molar-refractivity contribution in [3.8, 4) is 16.3 Å². The van der Waals surface area contributed by atoms with Gasteiger partial charge in [-0.15, -0.1) is 11.3 Å². The predicted octanol–water partition coefficient (Wildman–Crippen LogP) is 5.02. The van der Waals surface area contributed by atoms with Crippen LogP contribution >= 0.6 is 11.3 Å². The molecule has 148 valence electrons. The van der Waals surface area contributed by atoms with E-state index in [0.29, 0.717) is 12.2 Å². The zero-order valence-electron chi connectivity index (χ0n) is 16.4. The molecule has 2 aromatic carbocycles. The summed E-state index contributed by atoms with van der Waals surface area (Å²) in [6, 6.07) is 25.9. The molecule has 1 amide bonds. The van der Waals surface area contributed by atoms with Crippen molar-refractivity contribution < 1.29 is 4.79 Å². The van der Waals surface area contributed by atoms with E-state index in [1.165, 1.54) is 0 Å². The van der Waals surface area contributed by atoms with Gasteiger partial charge < -0.3 is 9.88 Å². The first-order valence-electron chi connectivity index (χ1n) is 9.72. The number of aryl methyl sites for hydroxylation is 1. The van der Waals surface area contributed by atoms with E-state index in [4.69, 9.17) is 5.10 Å². The normalized spacial score (nSPS) is 11.1. The van der Waals surface area contributed by atoms with Crippen molar-refractivity contribution in [1.82, 2.24) is 19.7 Å². The van der Waals surface area contributed by atoms with E-state index < -0.39 is 0 Å². The van der Waals surface area contributed by atoms with Crippen LogP contribution in [0.25, 0.3) is 27.3 Å². The zero-order chi connectivity index (χ0) is 20.5. The Kier molecular flexibility index (Phi) is 4.69. The maximum absolute atomic E-state index is 13.0. The van der Waals surface area contributed by atoms with Gasteiger partial charge in [0.1, 0.15) is 17.0 Å². The Morgan fingerprint density at radius 3 is 2.43 bits per heavy atom. The number of carbonyl (C=O) groups excluding carboxylic acids is 1. The standard InChI is InChI=1S/C24H20N4OS/c1-27-20(23(29)25-16-17-9-4-2-5-10-17)15-19-22(21-13-8-14-30-21)26-28(24(19)27)18-11-6-3-7-12-18/h2-15H,16H2,1H3,(H,25,29). The van der Waals surface area contributed by atoms with Gasteiger partial charge in [0.2, 0.25) is 0 Å². The molecule has 0 fully saturated rings. The number of hydrogen-bond acceptors (Lipinski definition) is 3. The molecule has 1 N–H and O–H groups in total. The fourth-order valence-corrected chi connectivity index (χ4v) is 4.38. The smallest absolute Gasteiger partial charge is 0.268 e. The molecule has 0 saturated heterocycles. The highest BCUT2D eigenvalue weighted by molar-refractivity contribution is 7.13. The van der Waals surface area contributed by atoms with Crippen LogP contribution in [0.5, 0.6) is 0 Å². The minimum Gasteiger partial charge on any atom is -0.347 e. The number of rotatable bonds is 5. The van der Waals surface area contributed by atoms with Crippen LogP contribution in [0, 0.1) is 0 Å². The zero-order valence-corrected chi connectivity index (χ0v) is 17.3. The quantitative estimate of drug-likeness (QED) is 0.441. The Morgan fingerprint density at radius 1 is 1.00 bits per heavy atom. The lowest BCUT2D eigenvalue weighted by Crippen LogP contribution is -2.25. The van der Waals surface area contributed by atoms with Crippen molar-refractivity contribution in [1.29, 1.82) is 0 Å². The van der Waals surface area contributed by atoms with Gasteiger partial charge in [-0.05, 0) is 35.2 Å². The maximum atomic E-state index is 13.0. The van der Waals surface area contributed by atoms with Crippen molar-refractivity contribution in [3.05, 3.63) is 95.5 Å². The molecule has 5 rings (SSSR count). The number of fused-ring (bicyclic) bond motifs is 1. The summed E-state index contributed by atoms with van der Waals surface area (Å²) < 4.78 is 3.84. The molecule has 0 saturated carbocycles. The van der Waals surface area contributed by atoms with Crippen LogP contribution in [0.1, 0.15) is 16.1 Å². The molecule has 30 heavy (non-hydrogen) atoms. The number of hydrogen-bond donors (Lipinski definition) is 1. The summed E-state index contributed by atoms with van der Waals surface area (Å²) >= 11 is 1.64. The molecule has 5 nitrogen and oxygen atoms in total. The number of aromatic nitrogens is 3. The van der Waals surface area contributed by atoms with Gasteiger partial charge in [-0.2, -0.15) is 5.10 Å². The third kappa shape index (κ3) is 3.21. The summed E-state index contributed by atoms with van der Waals surface area (Å²) in [5, 5.41) is 10.9. The van der Waals surface area contributed by atoms with Crippen molar-refractivity contribution in [2.24, 2.45) is 7.05 Å². The van der Waals surface area contributed by atoms with E-state index in [2.05, 4.69) is 11.4 Å². The van der Waals surface area contributed by atoms with E-state index in [-0.39, 0.29) is 5.91 Å². The van der Waals surface area contributed by atoms with Crippen LogP contribution in [0.4, 0.5) is 0 Å². The summed E-state index contributed by atoms with van der Waals surface area (Å²) in [6.07, 6.45) is 0. The highest BCUT2D eigenvalue weighted by Gasteiger charge is 2.22. The lowest BCUT2D eigenvalue weighted by Gasteiger charge is -2.09.